The summed E-state index contributed by atoms with van der Waals surface area (Å²) in [6.07, 6.45) is 0.588. The molecule has 0 aromatic carbocycles. The highest BCUT2D eigenvalue weighted by atomic mass is 32.2. The van der Waals surface area contributed by atoms with Crippen LogP contribution in [-0.4, -0.2) is 30.4 Å². The lowest BCUT2D eigenvalue weighted by Crippen LogP contribution is -2.36. The molecule has 0 bridgehead atoms. The van der Waals surface area contributed by atoms with E-state index in [9.17, 15) is 8.42 Å². The fourth-order valence-electron chi connectivity index (χ4n) is 2.06. The molecular weight excluding hydrogens is 238 g/mol. The second kappa shape index (κ2) is 3.87. The van der Waals surface area contributed by atoms with E-state index in [1.165, 1.54) is 0 Å². The second-order valence-electron chi connectivity index (χ2n) is 4.92. The molecule has 5 nitrogen and oxygen atoms in total. The standard InChI is InChI=1S/C11H17N3O2S/c1-8-3-4-9(12)10(13-8)14-11(2)5-6-17(15,16)7-11/h3-4H,5-7,12H2,1-2H3,(H,13,14). The summed E-state index contributed by atoms with van der Waals surface area (Å²) in [6, 6.07) is 3.60. The summed E-state index contributed by atoms with van der Waals surface area (Å²) in [5.74, 6) is 0.932. The van der Waals surface area contributed by atoms with Crippen molar-refractivity contribution in [2.45, 2.75) is 25.8 Å². The van der Waals surface area contributed by atoms with Gasteiger partial charge >= 0.3 is 0 Å². The highest BCUT2D eigenvalue weighted by molar-refractivity contribution is 7.91. The molecular formula is C11H17N3O2S. The Labute approximate surface area is 101 Å². The Hall–Kier alpha value is -1.30. The van der Waals surface area contributed by atoms with Crippen molar-refractivity contribution in [1.82, 2.24) is 4.98 Å². The molecule has 0 radical (unpaired) electrons. The first-order chi connectivity index (χ1) is 7.80. The SMILES string of the molecule is Cc1ccc(N)c(NC2(C)CCS(=O)(=O)C2)n1. The number of aryl methyl sites for hydroxylation is 1. The van der Waals surface area contributed by atoms with Crippen molar-refractivity contribution in [3.8, 4) is 0 Å². The summed E-state index contributed by atoms with van der Waals surface area (Å²) in [7, 11) is -2.93. The smallest absolute Gasteiger partial charge is 0.152 e. The molecule has 1 aliphatic heterocycles. The maximum atomic E-state index is 11.5. The molecule has 0 spiro atoms. The van der Waals surface area contributed by atoms with Gasteiger partial charge in [-0.1, -0.05) is 0 Å². The van der Waals surface area contributed by atoms with Gasteiger partial charge in [0, 0.05) is 5.69 Å². The van der Waals surface area contributed by atoms with Crippen molar-refractivity contribution in [2.24, 2.45) is 0 Å². The van der Waals surface area contributed by atoms with Crippen LogP contribution in [-0.2, 0) is 9.84 Å². The molecule has 1 aromatic heterocycles. The molecule has 0 saturated carbocycles. The first kappa shape index (κ1) is 12.2. The molecule has 1 atom stereocenters. The summed E-state index contributed by atoms with van der Waals surface area (Å²) >= 11 is 0. The van der Waals surface area contributed by atoms with E-state index in [4.69, 9.17) is 5.73 Å². The first-order valence-electron chi connectivity index (χ1n) is 5.51. The Morgan fingerprint density at radius 2 is 2.18 bits per heavy atom. The minimum Gasteiger partial charge on any atom is -0.396 e. The van der Waals surface area contributed by atoms with Crippen LogP contribution in [0.3, 0.4) is 0 Å². The third-order valence-corrected chi connectivity index (χ3v) is 4.89. The molecule has 2 heterocycles. The van der Waals surface area contributed by atoms with Gasteiger partial charge in [-0.05, 0) is 32.4 Å². The lowest BCUT2D eigenvalue weighted by atomic mass is 10.0. The van der Waals surface area contributed by atoms with E-state index >= 15 is 0 Å². The van der Waals surface area contributed by atoms with Crippen molar-refractivity contribution in [3.05, 3.63) is 17.8 Å². The summed E-state index contributed by atoms with van der Waals surface area (Å²) in [4.78, 5) is 4.30. The molecule has 1 unspecified atom stereocenters. The van der Waals surface area contributed by atoms with Crippen LogP contribution in [0.15, 0.2) is 12.1 Å². The number of nitrogens with one attached hydrogen (secondary N) is 1. The van der Waals surface area contributed by atoms with Crippen LogP contribution in [0, 0.1) is 6.92 Å². The Kier molecular flexibility index (Phi) is 2.77. The number of pyridine rings is 1. The van der Waals surface area contributed by atoms with Crippen molar-refractivity contribution in [3.63, 3.8) is 0 Å². The molecule has 1 aromatic rings. The molecule has 94 valence electrons. The van der Waals surface area contributed by atoms with E-state index in [2.05, 4.69) is 10.3 Å². The van der Waals surface area contributed by atoms with E-state index in [0.717, 1.165) is 5.69 Å². The van der Waals surface area contributed by atoms with E-state index < -0.39 is 15.4 Å². The van der Waals surface area contributed by atoms with E-state index in [1.54, 1.807) is 6.07 Å². The number of nitrogens with zero attached hydrogens (tertiary/aromatic N) is 1. The van der Waals surface area contributed by atoms with Gasteiger partial charge in [0.1, 0.15) is 5.82 Å². The number of aromatic nitrogens is 1. The van der Waals surface area contributed by atoms with Crippen LogP contribution in [0.5, 0.6) is 0 Å². The van der Waals surface area contributed by atoms with Gasteiger partial charge in [-0.15, -0.1) is 0 Å². The van der Waals surface area contributed by atoms with Gasteiger partial charge in [0.25, 0.3) is 0 Å². The normalized spacial score (nSPS) is 26.9. The maximum absolute atomic E-state index is 11.5. The summed E-state index contributed by atoms with van der Waals surface area (Å²) in [6.45, 7) is 3.76. The number of hydrogen-bond donors (Lipinski definition) is 2. The molecule has 2 rings (SSSR count). The van der Waals surface area contributed by atoms with Gasteiger partial charge in [0.15, 0.2) is 9.84 Å². The van der Waals surface area contributed by atoms with Crippen molar-refractivity contribution in [1.29, 1.82) is 0 Å². The Morgan fingerprint density at radius 3 is 2.76 bits per heavy atom. The van der Waals surface area contributed by atoms with E-state index in [1.807, 2.05) is 19.9 Å². The van der Waals surface area contributed by atoms with Crippen LogP contribution >= 0.6 is 0 Å². The molecule has 0 aliphatic carbocycles. The third kappa shape index (κ3) is 2.69. The van der Waals surface area contributed by atoms with Crippen LogP contribution in [0.2, 0.25) is 0 Å². The molecule has 1 fully saturated rings. The Bertz CT molecular complexity index is 542. The fraction of sp³-hybridized carbons (Fsp3) is 0.545. The zero-order valence-corrected chi connectivity index (χ0v) is 10.8. The lowest BCUT2D eigenvalue weighted by Gasteiger charge is -2.25. The van der Waals surface area contributed by atoms with Gasteiger partial charge in [0.2, 0.25) is 0 Å². The fourth-order valence-corrected chi connectivity index (χ4v) is 4.16. The van der Waals surface area contributed by atoms with Gasteiger partial charge in [-0.25, -0.2) is 13.4 Å². The number of nitrogen functional groups attached to an aromatic ring is 1. The van der Waals surface area contributed by atoms with E-state index in [-0.39, 0.29) is 11.5 Å². The monoisotopic (exact) mass is 255 g/mol. The average molecular weight is 255 g/mol. The number of rotatable bonds is 2. The second-order valence-corrected chi connectivity index (χ2v) is 7.10. The zero-order valence-electron chi connectivity index (χ0n) is 10.0. The van der Waals surface area contributed by atoms with Gasteiger partial charge in [0.05, 0.1) is 22.7 Å². The number of hydrogen-bond acceptors (Lipinski definition) is 5. The minimum atomic E-state index is -2.93. The topological polar surface area (TPSA) is 85.1 Å². The number of anilines is 2. The minimum absolute atomic E-state index is 0.134. The van der Waals surface area contributed by atoms with Crippen LogP contribution < -0.4 is 11.1 Å². The van der Waals surface area contributed by atoms with Crippen LogP contribution in [0.25, 0.3) is 0 Å². The molecule has 1 aliphatic rings. The molecule has 3 N–H and O–H groups in total. The van der Waals surface area contributed by atoms with Crippen LogP contribution in [0.1, 0.15) is 19.0 Å². The predicted octanol–water partition coefficient (Wildman–Crippen LogP) is 0.961. The first-order valence-corrected chi connectivity index (χ1v) is 7.34. The van der Waals surface area contributed by atoms with Gasteiger partial charge in [-0.3, -0.25) is 0 Å². The maximum Gasteiger partial charge on any atom is 0.152 e. The van der Waals surface area contributed by atoms with Crippen molar-refractivity contribution in [2.75, 3.05) is 22.6 Å². The highest BCUT2D eigenvalue weighted by Gasteiger charge is 2.38. The molecule has 6 heteroatoms. The zero-order chi connectivity index (χ0) is 12.7. The van der Waals surface area contributed by atoms with Crippen molar-refractivity contribution < 1.29 is 8.42 Å². The molecule has 0 amide bonds. The highest BCUT2D eigenvalue weighted by Crippen LogP contribution is 2.28. The van der Waals surface area contributed by atoms with Crippen molar-refractivity contribution >= 4 is 21.3 Å². The summed E-state index contributed by atoms with van der Waals surface area (Å²) < 4.78 is 23.0. The third-order valence-electron chi connectivity index (χ3n) is 2.99. The lowest BCUT2D eigenvalue weighted by molar-refractivity contribution is 0.572. The van der Waals surface area contributed by atoms with Gasteiger partial charge in [-0.2, -0.15) is 0 Å². The number of nitrogens with two attached hydrogens (primary N) is 1. The molecule has 1 saturated heterocycles. The molecule has 17 heavy (non-hydrogen) atoms. The summed E-state index contributed by atoms with van der Waals surface area (Å²) in [5, 5.41) is 3.17. The summed E-state index contributed by atoms with van der Waals surface area (Å²) in [5.41, 5.74) is 6.75. The average Bonchev–Trinajstić information content (AvgIpc) is 2.47. The predicted molar refractivity (Wildman–Crippen MR) is 68.7 cm³/mol. The largest absolute Gasteiger partial charge is 0.396 e. The van der Waals surface area contributed by atoms with E-state index in [0.29, 0.717) is 17.9 Å². The van der Waals surface area contributed by atoms with Gasteiger partial charge < -0.3 is 11.1 Å². The Morgan fingerprint density at radius 1 is 1.47 bits per heavy atom. The quantitative estimate of drug-likeness (QED) is 0.822. The number of sulfone groups is 1. The Balaban J connectivity index is 2.24. The van der Waals surface area contributed by atoms with Crippen LogP contribution in [0.4, 0.5) is 11.5 Å².